The number of benzene rings is 1. The van der Waals surface area contributed by atoms with Crippen LogP contribution in [0.15, 0.2) is 40.0 Å². The first-order chi connectivity index (χ1) is 13.6. The van der Waals surface area contributed by atoms with Crippen molar-refractivity contribution in [2.45, 2.75) is 44.0 Å². The molecule has 2 heterocycles. The van der Waals surface area contributed by atoms with Crippen molar-refractivity contribution in [2.75, 3.05) is 5.75 Å². The number of sulfone groups is 1. The zero-order valence-electron chi connectivity index (χ0n) is 16.2. The molecule has 1 atom stereocenters. The number of aromatic nitrogens is 1. The molecule has 1 aliphatic heterocycles. The molecule has 4 rings (SSSR count). The maximum Gasteiger partial charge on any atom is 0.261 e. The van der Waals surface area contributed by atoms with E-state index in [9.17, 15) is 22.8 Å². The number of fused-ring (bicyclic) bond motifs is 2. The minimum atomic E-state index is -3.38. The van der Waals surface area contributed by atoms with E-state index < -0.39 is 27.3 Å². The number of nitrogens with one attached hydrogen (secondary N) is 2. The fraction of sp³-hybridized carbons (Fsp3) is 0.381. The molecule has 0 fully saturated rings. The molecular formula is C21H22N2O5S. The van der Waals surface area contributed by atoms with Crippen LogP contribution in [0.5, 0.6) is 0 Å². The second-order valence-corrected chi connectivity index (χ2v) is 10.6. The van der Waals surface area contributed by atoms with Crippen LogP contribution in [0, 0.1) is 5.41 Å². The molecule has 0 spiro atoms. The monoisotopic (exact) mass is 414 g/mol. The Kier molecular flexibility index (Phi) is 4.49. The van der Waals surface area contributed by atoms with E-state index in [0.717, 1.165) is 0 Å². The Morgan fingerprint density at radius 3 is 2.66 bits per heavy atom. The summed E-state index contributed by atoms with van der Waals surface area (Å²) in [7, 11) is -3.38. The molecule has 0 radical (unpaired) electrons. The van der Waals surface area contributed by atoms with E-state index in [4.69, 9.17) is 0 Å². The number of pyridine rings is 1. The Bertz CT molecular complexity index is 1190. The predicted molar refractivity (Wildman–Crippen MR) is 107 cm³/mol. The van der Waals surface area contributed by atoms with Crippen LogP contribution in [0.4, 0.5) is 0 Å². The number of H-pyrrole nitrogens is 1. The zero-order valence-corrected chi connectivity index (χ0v) is 17.1. The molecule has 2 N–H and O–H groups in total. The second-order valence-electron chi connectivity index (χ2n) is 8.52. The minimum absolute atomic E-state index is 0.0803. The summed E-state index contributed by atoms with van der Waals surface area (Å²) < 4.78 is 24.5. The van der Waals surface area contributed by atoms with Gasteiger partial charge in [-0.25, -0.2) is 8.42 Å². The van der Waals surface area contributed by atoms with Crippen molar-refractivity contribution in [1.29, 1.82) is 0 Å². The Balaban J connectivity index is 1.66. The summed E-state index contributed by atoms with van der Waals surface area (Å²) >= 11 is 0. The van der Waals surface area contributed by atoms with E-state index in [0.29, 0.717) is 29.7 Å². The molecule has 1 amide bonds. The van der Waals surface area contributed by atoms with E-state index in [-0.39, 0.29) is 33.8 Å². The van der Waals surface area contributed by atoms with Gasteiger partial charge in [0.25, 0.3) is 11.5 Å². The van der Waals surface area contributed by atoms with E-state index in [1.165, 1.54) is 12.1 Å². The molecule has 0 bridgehead atoms. The SMILES string of the molecule is CC1(C)CC(=O)c2cc(C(=O)NC3CCS(=O)(=O)c4ccccc43)c(=O)[nH]c2C1. The van der Waals surface area contributed by atoms with Crippen molar-refractivity contribution < 1.29 is 18.0 Å². The van der Waals surface area contributed by atoms with Gasteiger partial charge in [-0.2, -0.15) is 0 Å². The lowest BCUT2D eigenvalue weighted by Crippen LogP contribution is -2.38. The highest BCUT2D eigenvalue weighted by Gasteiger charge is 2.34. The fourth-order valence-electron chi connectivity index (χ4n) is 4.17. The van der Waals surface area contributed by atoms with Gasteiger partial charge in [-0.05, 0) is 36.0 Å². The Hall–Kier alpha value is -2.74. The van der Waals surface area contributed by atoms with Crippen LogP contribution in [0.25, 0.3) is 0 Å². The van der Waals surface area contributed by atoms with Gasteiger partial charge in [0.2, 0.25) is 0 Å². The van der Waals surface area contributed by atoms with Gasteiger partial charge in [0.05, 0.1) is 16.7 Å². The van der Waals surface area contributed by atoms with Crippen molar-refractivity contribution in [3.05, 3.63) is 63.1 Å². The van der Waals surface area contributed by atoms with Gasteiger partial charge in [-0.3, -0.25) is 14.4 Å². The van der Waals surface area contributed by atoms with E-state index >= 15 is 0 Å². The third kappa shape index (κ3) is 3.53. The van der Waals surface area contributed by atoms with Crippen LogP contribution in [0.1, 0.15) is 64.7 Å². The quantitative estimate of drug-likeness (QED) is 0.782. The molecule has 152 valence electrons. The van der Waals surface area contributed by atoms with E-state index in [2.05, 4.69) is 10.3 Å². The molecule has 1 aromatic heterocycles. The van der Waals surface area contributed by atoms with Crippen LogP contribution in [0.2, 0.25) is 0 Å². The van der Waals surface area contributed by atoms with Crippen LogP contribution in [-0.4, -0.2) is 30.8 Å². The molecular weight excluding hydrogens is 392 g/mol. The fourth-order valence-corrected chi connectivity index (χ4v) is 5.79. The van der Waals surface area contributed by atoms with Crippen LogP contribution >= 0.6 is 0 Å². The number of carbonyl (C=O) groups is 2. The first-order valence-electron chi connectivity index (χ1n) is 9.49. The Labute approximate surface area is 168 Å². The normalized spacial score (nSPS) is 21.7. The lowest BCUT2D eigenvalue weighted by Gasteiger charge is -2.30. The minimum Gasteiger partial charge on any atom is -0.345 e. The lowest BCUT2D eigenvalue weighted by molar-refractivity contribution is 0.0910. The number of rotatable bonds is 2. The van der Waals surface area contributed by atoms with Gasteiger partial charge in [0.1, 0.15) is 5.56 Å². The van der Waals surface area contributed by atoms with Crippen molar-refractivity contribution in [1.82, 2.24) is 10.3 Å². The average Bonchev–Trinajstić information content (AvgIpc) is 2.63. The number of hydrogen-bond donors (Lipinski definition) is 2. The van der Waals surface area contributed by atoms with Gasteiger partial charge in [0.15, 0.2) is 15.6 Å². The van der Waals surface area contributed by atoms with Gasteiger partial charge in [0, 0.05) is 17.7 Å². The van der Waals surface area contributed by atoms with E-state index in [1.54, 1.807) is 18.2 Å². The largest absolute Gasteiger partial charge is 0.345 e. The first-order valence-corrected chi connectivity index (χ1v) is 11.1. The summed E-state index contributed by atoms with van der Waals surface area (Å²) in [6.45, 7) is 3.92. The summed E-state index contributed by atoms with van der Waals surface area (Å²) in [5.41, 5.74) is 0.516. The predicted octanol–water partition coefficient (Wildman–Crippen LogP) is 2.18. The number of carbonyl (C=O) groups excluding carboxylic acids is 2. The van der Waals surface area contributed by atoms with Crippen LogP contribution in [-0.2, 0) is 16.3 Å². The van der Waals surface area contributed by atoms with Gasteiger partial charge in [-0.15, -0.1) is 0 Å². The summed E-state index contributed by atoms with van der Waals surface area (Å²) in [5, 5.41) is 2.77. The van der Waals surface area contributed by atoms with Crippen LogP contribution in [0.3, 0.4) is 0 Å². The molecule has 1 unspecified atom stereocenters. The summed E-state index contributed by atoms with van der Waals surface area (Å²) in [6, 6.07) is 7.39. The maximum atomic E-state index is 12.8. The van der Waals surface area contributed by atoms with Crippen molar-refractivity contribution in [3.8, 4) is 0 Å². The maximum absolute atomic E-state index is 12.8. The molecule has 1 aliphatic carbocycles. The van der Waals surface area contributed by atoms with Gasteiger partial charge in [-0.1, -0.05) is 32.0 Å². The van der Waals surface area contributed by atoms with Gasteiger partial charge < -0.3 is 10.3 Å². The standard InChI is InChI=1S/C21H22N2O5S/c1-21(2)10-16-13(17(24)11-21)9-14(20(26)23-16)19(25)22-15-7-8-29(27,28)18-6-4-3-5-12(15)18/h3-6,9,15H,7-8,10-11H2,1-2H3,(H,22,25)(H,23,26). The van der Waals surface area contributed by atoms with Crippen molar-refractivity contribution >= 4 is 21.5 Å². The van der Waals surface area contributed by atoms with Gasteiger partial charge >= 0.3 is 0 Å². The molecule has 29 heavy (non-hydrogen) atoms. The summed E-state index contributed by atoms with van der Waals surface area (Å²) in [5.74, 6) is -0.801. The summed E-state index contributed by atoms with van der Waals surface area (Å²) in [6.07, 6.45) is 1.13. The number of amides is 1. The number of hydrogen-bond acceptors (Lipinski definition) is 5. The molecule has 2 aliphatic rings. The Morgan fingerprint density at radius 2 is 1.90 bits per heavy atom. The Morgan fingerprint density at radius 1 is 1.17 bits per heavy atom. The number of Topliss-reactive ketones (excluding diaryl/α,β-unsaturated/α-hetero) is 1. The highest BCUT2D eigenvalue weighted by atomic mass is 32.2. The molecule has 7 nitrogen and oxygen atoms in total. The highest BCUT2D eigenvalue weighted by molar-refractivity contribution is 7.91. The van der Waals surface area contributed by atoms with Crippen molar-refractivity contribution in [2.24, 2.45) is 5.41 Å². The topological polar surface area (TPSA) is 113 Å². The molecule has 0 saturated heterocycles. The average molecular weight is 414 g/mol. The number of ketones is 1. The lowest BCUT2D eigenvalue weighted by atomic mass is 9.75. The zero-order chi connectivity index (χ0) is 21.0. The third-order valence-corrected chi connectivity index (χ3v) is 7.39. The molecule has 0 saturated carbocycles. The van der Waals surface area contributed by atoms with Crippen LogP contribution < -0.4 is 10.9 Å². The third-order valence-electron chi connectivity index (χ3n) is 5.57. The molecule has 2 aromatic rings. The van der Waals surface area contributed by atoms with Crippen molar-refractivity contribution in [3.63, 3.8) is 0 Å². The molecule has 8 heteroatoms. The second kappa shape index (κ2) is 6.66. The first kappa shape index (κ1) is 19.6. The summed E-state index contributed by atoms with van der Waals surface area (Å²) in [4.78, 5) is 40.7. The smallest absolute Gasteiger partial charge is 0.261 e. The molecule has 1 aromatic carbocycles. The highest BCUT2D eigenvalue weighted by Crippen LogP contribution is 2.34. The number of aromatic amines is 1. The van der Waals surface area contributed by atoms with E-state index in [1.807, 2.05) is 13.8 Å².